The molecule has 0 spiro atoms. The summed E-state index contributed by atoms with van der Waals surface area (Å²) < 4.78 is 1.88. The smallest absolute Gasteiger partial charge is 0.125 e. The molecule has 2 aromatic rings. The molecule has 2 aromatic heterocycles. The fraction of sp³-hybridized carbons (Fsp3) is 0.417. The summed E-state index contributed by atoms with van der Waals surface area (Å²) in [4.78, 5) is 8.38. The fourth-order valence-corrected chi connectivity index (χ4v) is 1.61. The van der Waals surface area contributed by atoms with Gasteiger partial charge in [0.25, 0.3) is 0 Å². The van der Waals surface area contributed by atoms with Crippen molar-refractivity contribution >= 4 is 0 Å². The Morgan fingerprint density at radius 1 is 1.29 bits per heavy atom. The Morgan fingerprint density at radius 2 is 1.94 bits per heavy atom. The van der Waals surface area contributed by atoms with Crippen molar-refractivity contribution in [2.75, 3.05) is 0 Å². The molecule has 2 heterocycles. The van der Waals surface area contributed by atoms with Crippen molar-refractivity contribution in [1.29, 1.82) is 0 Å². The maximum absolute atomic E-state index is 6.01. The summed E-state index contributed by atoms with van der Waals surface area (Å²) >= 11 is 0. The van der Waals surface area contributed by atoms with Gasteiger partial charge in [-0.05, 0) is 26.8 Å². The number of aryl methyl sites for hydroxylation is 1. The third-order valence-electron chi connectivity index (χ3n) is 2.35. The van der Waals surface area contributed by atoms with Crippen LogP contribution in [-0.4, -0.2) is 25.3 Å². The lowest BCUT2D eigenvalue weighted by molar-refractivity contribution is 0.411. The monoisotopic (exact) mass is 231 g/mol. The van der Waals surface area contributed by atoms with Crippen LogP contribution in [0.3, 0.4) is 0 Å². The van der Waals surface area contributed by atoms with E-state index in [4.69, 9.17) is 5.73 Å². The molecule has 0 bridgehead atoms. The average Bonchev–Trinajstić information content (AvgIpc) is 2.64. The minimum Gasteiger partial charge on any atom is -0.324 e. The maximum Gasteiger partial charge on any atom is 0.125 e. The van der Waals surface area contributed by atoms with Gasteiger partial charge in [0.1, 0.15) is 5.82 Å². The molecule has 0 aliphatic rings. The summed E-state index contributed by atoms with van der Waals surface area (Å²) in [6, 6.07) is 1.94. The van der Waals surface area contributed by atoms with Crippen LogP contribution in [0, 0.1) is 6.92 Å². The molecule has 0 saturated carbocycles. The molecule has 0 saturated heterocycles. The Bertz CT molecular complexity index is 492. The molecule has 0 aliphatic carbocycles. The fourth-order valence-electron chi connectivity index (χ4n) is 1.61. The van der Waals surface area contributed by atoms with Gasteiger partial charge in [0.2, 0.25) is 0 Å². The van der Waals surface area contributed by atoms with E-state index < -0.39 is 0 Å². The van der Waals surface area contributed by atoms with Gasteiger partial charge in [-0.2, -0.15) is 5.10 Å². The Hall–Kier alpha value is -1.75. The molecule has 0 amide bonds. The largest absolute Gasteiger partial charge is 0.324 e. The Morgan fingerprint density at radius 3 is 2.53 bits per heavy atom. The lowest BCUT2D eigenvalue weighted by Gasteiger charge is -2.19. The second-order valence-corrected chi connectivity index (χ2v) is 4.88. The van der Waals surface area contributed by atoms with E-state index in [0.717, 1.165) is 17.1 Å². The van der Waals surface area contributed by atoms with Gasteiger partial charge in [-0.25, -0.2) is 9.97 Å². The molecule has 0 radical (unpaired) electrons. The molecule has 0 atom stereocenters. The van der Waals surface area contributed by atoms with Gasteiger partial charge >= 0.3 is 0 Å². The molecule has 0 aromatic carbocycles. The van der Waals surface area contributed by atoms with Crippen molar-refractivity contribution in [1.82, 2.24) is 19.7 Å². The van der Waals surface area contributed by atoms with E-state index in [0.29, 0.717) is 6.54 Å². The molecule has 2 N–H and O–H groups in total. The summed E-state index contributed by atoms with van der Waals surface area (Å²) in [6.45, 7) is 6.47. The molecule has 17 heavy (non-hydrogen) atoms. The highest BCUT2D eigenvalue weighted by molar-refractivity contribution is 5.56. The molecule has 5 nitrogen and oxygen atoms in total. The van der Waals surface area contributed by atoms with Crippen LogP contribution in [0.2, 0.25) is 0 Å². The van der Waals surface area contributed by atoms with E-state index in [1.165, 1.54) is 0 Å². The number of nitrogens with two attached hydrogens (primary N) is 1. The highest BCUT2D eigenvalue weighted by Gasteiger charge is 2.15. The highest BCUT2D eigenvalue weighted by Crippen LogP contribution is 2.18. The minimum atomic E-state index is -0.299. The number of nitrogens with zero attached hydrogens (tertiary/aromatic N) is 4. The Kier molecular flexibility index (Phi) is 2.93. The van der Waals surface area contributed by atoms with Gasteiger partial charge in [-0.1, -0.05) is 0 Å². The molecular weight excluding hydrogens is 214 g/mol. The third-order valence-corrected chi connectivity index (χ3v) is 2.35. The summed E-state index contributed by atoms with van der Waals surface area (Å²) in [7, 11) is 0. The first-order chi connectivity index (χ1) is 7.96. The zero-order chi connectivity index (χ0) is 12.5. The van der Waals surface area contributed by atoms with Crippen molar-refractivity contribution in [3.8, 4) is 11.3 Å². The van der Waals surface area contributed by atoms with Crippen LogP contribution in [0.25, 0.3) is 11.3 Å². The van der Waals surface area contributed by atoms with E-state index in [1.54, 1.807) is 18.6 Å². The van der Waals surface area contributed by atoms with E-state index in [-0.39, 0.29) is 5.54 Å². The number of hydrogen-bond donors (Lipinski definition) is 1. The summed E-state index contributed by atoms with van der Waals surface area (Å²) in [5.74, 6) is 0.763. The normalized spacial score (nSPS) is 11.8. The topological polar surface area (TPSA) is 69.6 Å². The molecule has 90 valence electrons. The van der Waals surface area contributed by atoms with Crippen molar-refractivity contribution in [3.05, 3.63) is 30.5 Å². The second-order valence-electron chi connectivity index (χ2n) is 4.88. The first-order valence-corrected chi connectivity index (χ1v) is 5.55. The Balaban J connectivity index is 2.33. The van der Waals surface area contributed by atoms with Crippen molar-refractivity contribution < 1.29 is 0 Å². The van der Waals surface area contributed by atoms with Gasteiger partial charge in [0, 0.05) is 29.7 Å². The molecule has 5 heteroatoms. The van der Waals surface area contributed by atoms with Crippen LogP contribution in [-0.2, 0) is 6.54 Å². The SMILES string of the molecule is Cc1ncc(-c2ccnn2CC(C)(C)N)cn1. The van der Waals surface area contributed by atoms with Crippen LogP contribution in [0.1, 0.15) is 19.7 Å². The van der Waals surface area contributed by atoms with Crippen LogP contribution < -0.4 is 5.73 Å². The highest BCUT2D eigenvalue weighted by atomic mass is 15.3. The quantitative estimate of drug-likeness (QED) is 0.866. The standard InChI is InChI=1S/C12H17N5/c1-9-14-6-10(7-15-9)11-4-5-16-17(11)8-12(2,3)13/h4-7H,8,13H2,1-3H3. The van der Waals surface area contributed by atoms with Gasteiger partial charge in [-0.3, -0.25) is 4.68 Å². The molecule has 0 fully saturated rings. The first-order valence-electron chi connectivity index (χ1n) is 5.55. The third kappa shape index (κ3) is 2.88. The van der Waals surface area contributed by atoms with Crippen molar-refractivity contribution in [3.63, 3.8) is 0 Å². The maximum atomic E-state index is 6.01. The van der Waals surface area contributed by atoms with Crippen molar-refractivity contribution in [2.45, 2.75) is 32.9 Å². The lowest BCUT2D eigenvalue weighted by atomic mass is 10.1. The van der Waals surface area contributed by atoms with Gasteiger partial charge in [0.15, 0.2) is 0 Å². The zero-order valence-electron chi connectivity index (χ0n) is 10.4. The minimum absolute atomic E-state index is 0.299. The number of aromatic nitrogens is 4. The van der Waals surface area contributed by atoms with E-state index in [9.17, 15) is 0 Å². The molecule has 0 unspecified atom stereocenters. The van der Waals surface area contributed by atoms with E-state index in [1.807, 2.05) is 31.5 Å². The average molecular weight is 231 g/mol. The van der Waals surface area contributed by atoms with Crippen LogP contribution in [0.5, 0.6) is 0 Å². The molecular formula is C12H17N5. The predicted octanol–water partition coefficient (Wildman–Crippen LogP) is 1.39. The molecule has 0 aliphatic heterocycles. The summed E-state index contributed by atoms with van der Waals surface area (Å²) in [5, 5.41) is 4.28. The summed E-state index contributed by atoms with van der Waals surface area (Å²) in [5.41, 5.74) is 7.65. The van der Waals surface area contributed by atoms with Crippen LogP contribution >= 0.6 is 0 Å². The zero-order valence-corrected chi connectivity index (χ0v) is 10.4. The predicted molar refractivity (Wildman–Crippen MR) is 66.3 cm³/mol. The van der Waals surface area contributed by atoms with Crippen molar-refractivity contribution in [2.24, 2.45) is 5.73 Å². The lowest BCUT2D eigenvalue weighted by Crippen LogP contribution is -2.37. The second kappa shape index (κ2) is 4.25. The van der Waals surface area contributed by atoms with Crippen LogP contribution in [0.15, 0.2) is 24.7 Å². The van der Waals surface area contributed by atoms with Gasteiger partial charge in [0.05, 0.1) is 12.2 Å². The molecule has 2 rings (SSSR count). The number of rotatable bonds is 3. The summed E-state index contributed by atoms with van der Waals surface area (Å²) in [6.07, 6.45) is 5.37. The first kappa shape index (κ1) is 11.7. The Labute approximate surface area is 101 Å². The van der Waals surface area contributed by atoms with E-state index >= 15 is 0 Å². The van der Waals surface area contributed by atoms with E-state index in [2.05, 4.69) is 15.1 Å². The van der Waals surface area contributed by atoms with Gasteiger partial charge in [-0.15, -0.1) is 0 Å². The number of hydrogen-bond acceptors (Lipinski definition) is 4. The van der Waals surface area contributed by atoms with Crippen LogP contribution in [0.4, 0.5) is 0 Å². The van der Waals surface area contributed by atoms with Gasteiger partial charge < -0.3 is 5.73 Å².